The number of rotatable bonds is 3. The zero-order chi connectivity index (χ0) is 13.1. The molecule has 0 bridgehead atoms. The highest BCUT2D eigenvalue weighted by molar-refractivity contribution is 7.12. The van der Waals surface area contributed by atoms with Crippen LogP contribution in [0, 0.1) is 0 Å². The second kappa shape index (κ2) is 5.71. The maximum atomic E-state index is 12.5. The summed E-state index contributed by atoms with van der Waals surface area (Å²) in [6, 6.07) is 1.73. The molecule has 18 heavy (non-hydrogen) atoms. The van der Waals surface area contributed by atoms with Gasteiger partial charge in [0, 0.05) is 6.54 Å². The second-order valence-corrected chi connectivity index (χ2v) is 5.54. The highest BCUT2D eigenvalue weighted by Gasteiger charge is 2.32. The Hall–Kier alpha value is -1.07. The number of hydrogen-bond donors (Lipinski definition) is 1. The predicted molar refractivity (Wildman–Crippen MR) is 71.2 cm³/mol. The van der Waals surface area contributed by atoms with Gasteiger partial charge in [0.1, 0.15) is 10.6 Å². The molecule has 0 radical (unpaired) electrons. The maximum Gasteiger partial charge on any atom is 0.268 e. The lowest BCUT2D eigenvalue weighted by atomic mass is 9.98. The fraction of sp³-hybridized carbons (Fsp3) is 0.615. The van der Waals surface area contributed by atoms with Crippen LogP contribution in [0.4, 0.5) is 0 Å². The van der Waals surface area contributed by atoms with Crippen LogP contribution >= 0.6 is 11.3 Å². The Labute approximate surface area is 111 Å². The Bertz CT molecular complexity index is 416. The van der Waals surface area contributed by atoms with Crippen LogP contribution in [0.15, 0.2) is 11.4 Å². The van der Waals surface area contributed by atoms with Crippen LogP contribution in [-0.2, 0) is 0 Å². The van der Waals surface area contributed by atoms with Gasteiger partial charge in [0.25, 0.3) is 5.91 Å². The van der Waals surface area contributed by atoms with E-state index in [1.54, 1.807) is 25.0 Å². The predicted octanol–water partition coefficient (Wildman–Crippen LogP) is 2.13. The van der Waals surface area contributed by atoms with Crippen molar-refractivity contribution in [3.63, 3.8) is 0 Å². The van der Waals surface area contributed by atoms with Gasteiger partial charge in [-0.3, -0.25) is 4.79 Å². The fourth-order valence-electron chi connectivity index (χ4n) is 2.46. The van der Waals surface area contributed by atoms with E-state index in [0.29, 0.717) is 10.6 Å². The van der Waals surface area contributed by atoms with Gasteiger partial charge in [0.05, 0.1) is 19.3 Å². The smallest absolute Gasteiger partial charge is 0.268 e. The molecule has 1 aliphatic rings. The molecule has 0 unspecified atom stereocenters. The summed E-state index contributed by atoms with van der Waals surface area (Å²) >= 11 is 1.39. The molecule has 4 nitrogen and oxygen atoms in total. The number of carbonyl (C=O) groups excluding carboxylic acids is 1. The number of thiophene rings is 1. The van der Waals surface area contributed by atoms with E-state index in [1.165, 1.54) is 11.3 Å². The standard InChI is InChI=1S/C13H19NO3S/c1-9(15)10-5-3-4-7-14(10)13(16)12-11(17-2)6-8-18-12/h6,8-10,15H,3-5,7H2,1-2H3/t9-,10+/m1/s1. The molecule has 1 fully saturated rings. The molecule has 5 heteroatoms. The first-order chi connectivity index (χ1) is 8.65. The number of piperidine rings is 1. The number of methoxy groups -OCH3 is 1. The Kier molecular flexibility index (Phi) is 4.24. The van der Waals surface area contributed by atoms with E-state index in [4.69, 9.17) is 4.74 Å². The van der Waals surface area contributed by atoms with E-state index in [-0.39, 0.29) is 11.9 Å². The topological polar surface area (TPSA) is 49.8 Å². The highest BCUT2D eigenvalue weighted by Crippen LogP contribution is 2.29. The summed E-state index contributed by atoms with van der Waals surface area (Å²) in [7, 11) is 1.57. The molecule has 100 valence electrons. The molecule has 0 spiro atoms. The summed E-state index contributed by atoms with van der Waals surface area (Å²) in [6.45, 7) is 2.47. The first-order valence-corrected chi connectivity index (χ1v) is 7.13. The van der Waals surface area contributed by atoms with Crippen LogP contribution in [0.3, 0.4) is 0 Å². The molecule has 1 saturated heterocycles. The summed E-state index contributed by atoms with van der Waals surface area (Å²) in [4.78, 5) is 14.9. The zero-order valence-electron chi connectivity index (χ0n) is 10.8. The van der Waals surface area contributed by atoms with E-state index in [0.717, 1.165) is 25.8 Å². The summed E-state index contributed by atoms with van der Waals surface area (Å²) in [5.41, 5.74) is 0. The van der Waals surface area contributed by atoms with Crippen molar-refractivity contribution < 1.29 is 14.6 Å². The number of amides is 1. The molecule has 1 N–H and O–H groups in total. The van der Waals surface area contributed by atoms with Crippen molar-refractivity contribution in [3.05, 3.63) is 16.3 Å². The lowest BCUT2D eigenvalue weighted by Crippen LogP contribution is -2.48. The van der Waals surface area contributed by atoms with Crippen molar-refractivity contribution in [2.24, 2.45) is 0 Å². The molecule has 0 aliphatic carbocycles. The minimum atomic E-state index is -0.486. The first-order valence-electron chi connectivity index (χ1n) is 6.25. The maximum absolute atomic E-state index is 12.5. The van der Waals surface area contributed by atoms with Gasteiger partial charge in [-0.05, 0) is 37.6 Å². The molecule has 1 aromatic rings. The van der Waals surface area contributed by atoms with Crippen LogP contribution in [0.2, 0.25) is 0 Å². The van der Waals surface area contributed by atoms with E-state index in [1.807, 2.05) is 5.38 Å². The van der Waals surface area contributed by atoms with Crippen molar-refractivity contribution in [1.29, 1.82) is 0 Å². The normalized spacial score (nSPS) is 21.7. The number of nitrogens with zero attached hydrogens (tertiary/aromatic N) is 1. The highest BCUT2D eigenvalue weighted by atomic mass is 32.1. The van der Waals surface area contributed by atoms with Crippen LogP contribution in [0.25, 0.3) is 0 Å². The Balaban J connectivity index is 2.21. The first kappa shape index (κ1) is 13.4. The largest absolute Gasteiger partial charge is 0.495 e. The Morgan fingerprint density at radius 2 is 2.39 bits per heavy atom. The third-order valence-electron chi connectivity index (χ3n) is 3.41. The van der Waals surface area contributed by atoms with Crippen molar-refractivity contribution in [1.82, 2.24) is 4.90 Å². The third-order valence-corrected chi connectivity index (χ3v) is 4.29. The van der Waals surface area contributed by atoms with Gasteiger partial charge in [-0.25, -0.2) is 0 Å². The number of likely N-dealkylation sites (tertiary alicyclic amines) is 1. The monoisotopic (exact) mass is 269 g/mol. The zero-order valence-corrected chi connectivity index (χ0v) is 11.6. The van der Waals surface area contributed by atoms with Crippen molar-refractivity contribution in [3.8, 4) is 5.75 Å². The number of hydrogen-bond acceptors (Lipinski definition) is 4. The van der Waals surface area contributed by atoms with E-state index in [2.05, 4.69) is 0 Å². The Morgan fingerprint density at radius 3 is 3.06 bits per heavy atom. The summed E-state index contributed by atoms with van der Waals surface area (Å²) in [5, 5.41) is 11.7. The van der Waals surface area contributed by atoms with Crippen LogP contribution in [0.5, 0.6) is 5.75 Å². The van der Waals surface area contributed by atoms with Crippen molar-refractivity contribution >= 4 is 17.2 Å². The number of aliphatic hydroxyl groups excluding tert-OH is 1. The molecule has 2 rings (SSSR count). The van der Waals surface area contributed by atoms with Gasteiger partial charge in [0.2, 0.25) is 0 Å². The minimum Gasteiger partial charge on any atom is -0.495 e. The lowest BCUT2D eigenvalue weighted by Gasteiger charge is -2.37. The average molecular weight is 269 g/mol. The van der Waals surface area contributed by atoms with Gasteiger partial charge in [0.15, 0.2) is 0 Å². The van der Waals surface area contributed by atoms with E-state index in [9.17, 15) is 9.90 Å². The Morgan fingerprint density at radius 1 is 1.61 bits per heavy atom. The molecule has 0 saturated carbocycles. The fourth-order valence-corrected chi connectivity index (χ4v) is 3.27. The van der Waals surface area contributed by atoms with Crippen LogP contribution < -0.4 is 4.74 Å². The molecular weight excluding hydrogens is 250 g/mol. The van der Waals surface area contributed by atoms with Crippen molar-refractivity contribution in [2.75, 3.05) is 13.7 Å². The second-order valence-electron chi connectivity index (χ2n) is 4.62. The molecule has 1 aliphatic heterocycles. The lowest BCUT2D eigenvalue weighted by molar-refractivity contribution is 0.0282. The molecule has 2 heterocycles. The SMILES string of the molecule is COc1ccsc1C(=O)N1CCCC[C@H]1[C@@H](C)O. The van der Waals surface area contributed by atoms with Gasteiger partial charge in [-0.2, -0.15) is 0 Å². The van der Waals surface area contributed by atoms with Gasteiger partial charge >= 0.3 is 0 Å². The summed E-state index contributed by atoms with van der Waals surface area (Å²) in [5.74, 6) is 0.604. The minimum absolute atomic E-state index is 0.0209. The molecule has 0 aromatic carbocycles. The molecule has 1 aromatic heterocycles. The van der Waals surface area contributed by atoms with Gasteiger partial charge < -0.3 is 14.7 Å². The van der Waals surface area contributed by atoms with Gasteiger partial charge in [-0.15, -0.1) is 11.3 Å². The average Bonchev–Trinajstić information content (AvgIpc) is 2.86. The van der Waals surface area contributed by atoms with Gasteiger partial charge in [-0.1, -0.05) is 0 Å². The number of ether oxygens (including phenoxy) is 1. The summed E-state index contributed by atoms with van der Waals surface area (Å²) in [6.07, 6.45) is 2.46. The molecule has 2 atom stereocenters. The molecular formula is C13H19NO3S. The molecule has 1 amide bonds. The summed E-state index contributed by atoms with van der Waals surface area (Å²) < 4.78 is 5.19. The van der Waals surface area contributed by atoms with Crippen LogP contribution in [-0.4, -0.2) is 41.7 Å². The van der Waals surface area contributed by atoms with E-state index >= 15 is 0 Å². The van der Waals surface area contributed by atoms with Crippen molar-refractivity contribution in [2.45, 2.75) is 38.3 Å². The number of carbonyl (C=O) groups is 1. The third kappa shape index (κ3) is 2.52. The quantitative estimate of drug-likeness (QED) is 0.914. The van der Waals surface area contributed by atoms with E-state index < -0.39 is 6.10 Å². The van der Waals surface area contributed by atoms with Crippen LogP contribution in [0.1, 0.15) is 35.9 Å². The number of aliphatic hydroxyl groups is 1.